The fourth-order valence-electron chi connectivity index (χ4n) is 1.13. The fraction of sp³-hybridized carbons (Fsp3) is 0.444. The lowest BCUT2D eigenvalue weighted by atomic mass is 9.96. The zero-order valence-electron chi connectivity index (χ0n) is 6.96. The van der Waals surface area contributed by atoms with Crippen molar-refractivity contribution in [1.29, 1.82) is 0 Å². The standard InChI is InChI=1S/C9H9Cl2NO/c10-7-4-5-12-9(8(7)11)13-6-2-1-3-6/h4-6H,1-3H2. The van der Waals surface area contributed by atoms with Crippen LogP contribution in [-0.4, -0.2) is 11.1 Å². The lowest BCUT2D eigenvalue weighted by Crippen LogP contribution is -2.25. The smallest absolute Gasteiger partial charge is 0.234 e. The van der Waals surface area contributed by atoms with Crippen molar-refractivity contribution in [1.82, 2.24) is 4.98 Å². The lowest BCUT2D eigenvalue weighted by Gasteiger charge is -2.26. The Hall–Kier alpha value is -0.470. The van der Waals surface area contributed by atoms with Crippen molar-refractivity contribution in [2.45, 2.75) is 25.4 Å². The van der Waals surface area contributed by atoms with Crippen LogP contribution in [0.25, 0.3) is 0 Å². The van der Waals surface area contributed by atoms with Gasteiger partial charge in [-0.15, -0.1) is 0 Å². The molecule has 2 nitrogen and oxygen atoms in total. The summed E-state index contributed by atoms with van der Waals surface area (Å²) in [6, 6.07) is 1.65. The van der Waals surface area contributed by atoms with Gasteiger partial charge >= 0.3 is 0 Å². The Bertz CT molecular complexity index is 312. The molecule has 0 spiro atoms. The molecular weight excluding hydrogens is 209 g/mol. The van der Waals surface area contributed by atoms with E-state index in [9.17, 15) is 0 Å². The quantitative estimate of drug-likeness (QED) is 0.759. The maximum Gasteiger partial charge on any atom is 0.234 e. The highest BCUT2D eigenvalue weighted by Gasteiger charge is 2.21. The van der Waals surface area contributed by atoms with Gasteiger partial charge in [0.15, 0.2) is 0 Å². The molecule has 2 rings (SSSR count). The molecule has 13 heavy (non-hydrogen) atoms. The van der Waals surface area contributed by atoms with Crippen molar-refractivity contribution in [3.63, 3.8) is 0 Å². The van der Waals surface area contributed by atoms with Crippen molar-refractivity contribution in [2.24, 2.45) is 0 Å². The van der Waals surface area contributed by atoms with Crippen molar-refractivity contribution < 1.29 is 4.74 Å². The predicted octanol–water partition coefficient (Wildman–Crippen LogP) is 3.32. The summed E-state index contributed by atoms with van der Waals surface area (Å²) in [5.41, 5.74) is 0. The van der Waals surface area contributed by atoms with Gasteiger partial charge in [0.05, 0.1) is 5.02 Å². The van der Waals surface area contributed by atoms with E-state index in [0.717, 1.165) is 12.8 Å². The fourth-order valence-corrected chi connectivity index (χ4v) is 1.42. The van der Waals surface area contributed by atoms with Crippen LogP contribution in [0.1, 0.15) is 19.3 Å². The number of hydrogen-bond acceptors (Lipinski definition) is 2. The number of hydrogen-bond donors (Lipinski definition) is 0. The molecular formula is C9H9Cl2NO. The number of rotatable bonds is 2. The molecule has 0 atom stereocenters. The lowest BCUT2D eigenvalue weighted by molar-refractivity contribution is 0.115. The first-order valence-electron chi connectivity index (χ1n) is 4.24. The summed E-state index contributed by atoms with van der Waals surface area (Å²) in [6.07, 6.45) is 5.28. The van der Waals surface area contributed by atoms with Crippen LogP contribution in [0, 0.1) is 0 Å². The zero-order valence-corrected chi connectivity index (χ0v) is 8.48. The first kappa shape index (κ1) is 9.10. The van der Waals surface area contributed by atoms with Gasteiger partial charge in [0, 0.05) is 6.20 Å². The second-order valence-electron chi connectivity index (χ2n) is 3.08. The minimum atomic E-state index is 0.281. The molecule has 0 N–H and O–H groups in total. The Morgan fingerprint density at radius 1 is 1.38 bits per heavy atom. The van der Waals surface area contributed by atoms with E-state index in [0.29, 0.717) is 15.9 Å². The number of nitrogens with zero attached hydrogens (tertiary/aromatic N) is 1. The highest BCUT2D eigenvalue weighted by molar-refractivity contribution is 6.42. The van der Waals surface area contributed by atoms with E-state index >= 15 is 0 Å². The first-order valence-corrected chi connectivity index (χ1v) is 4.99. The van der Waals surface area contributed by atoms with Gasteiger partial charge in [0.2, 0.25) is 5.88 Å². The minimum absolute atomic E-state index is 0.281. The summed E-state index contributed by atoms with van der Waals surface area (Å²) in [5, 5.41) is 0.905. The van der Waals surface area contributed by atoms with Gasteiger partial charge in [-0.05, 0) is 25.3 Å². The van der Waals surface area contributed by atoms with E-state index in [2.05, 4.69) is 4.98 Å². The molecule has 4 heteroatoms. The molecule has 1 aromatic rings. The topological polar surface area (TPSA) is 22.1 Å². The molecule has 70 valence electrons. The highest BCUT2D eigenvalue weighted by atomic mass is 35.5. The van der Waals surface area contributed by atoms with Gasteiger partial charge < -0.3 is 4.74 Å². The molecule has 1 heterocycles. The molecule has 0 bridgehead atoms. The van der Waals surface area contributed by atoms with Crippen molar-refractivity contribution in [2.75, 3.05) is 0 Å². The Balaban J connectivity index is 2.14. The summed E-state index contributed by atoms with van der Waals surface area (Å²) < 4.78 is 5.53. The van der Waals surface area contributed by atoms with Gasteiger partial charge in [-0.2, -0.15) is 0 Å². The Morgan fingerprint density at radius 2 is 2.15 bits per heavy atom. The maximum atomic E-state index is 5.90. The molecule has 1 saturated carbocycles. The van der Waals surface area contributed by atoms with E-state index in [-0.39, 0.29) is 6.10 Å². The zero-order chi connectivity index (χ0) is 9.26. The molecule has 0 aliphatic heterocycles. The molecule has 1 aliphatic rings. The molecule has 0 radical (unpaired) electrons. The second-order valence-corrected chi connectivity index (χ2v) is 3.87. The van der Waals surface area contributed by atoms with Crippen LogP contribution in [0.2, 0.25) is 10.0 Å². The maximum absolute atomic E-state index is 5.90. The van der Waals surface area contributed by atoms with E-state index in [1.807, 2.05) is 0 Å². The van der Waals surface area contributed by atoms with Crippen molar-refractivity contribution in [3.8, 4) is 5.88 Å². The molecule has 1 aliphatic carbocycles. The van der Waals surface area contributed by atoms with Gasteiger partial charge in [0.25, 0.3) is 0 Å². The summed E-state index contributed by atoms with van der Waals surface area (Å²) in [7, 11) is 0. The average Bonchev–Trinajstić information content (AvgIpc) is 2.04. The Labute approximate surface area is 86.8 Å². The summed E-state index contributed by atoms with van der Waals surface area (Å²) in [6.45, 7) is 0. The third kappa shape index (κ3) is 1.89. The molecule has 1 fully saturated rings. The van der Waals surface area contributed by atoms with Crippen LogP contribution in [0.15, 0.2) is 12.3 Å². The average molecular weight is 218 g/mol. The van der Waals surface area contributed by atoms with Crippen LogP contribution in [0.5, 0.6) is 5.88 Å². The normalized spacial score (nSPS) is 16.8. The number of halogens is 2. The van der Waals surface area contributed by atoms with Crippen LogP contribution < -0.4 is 4.74 Å². The van der Waals surface area contributed by atoms with Crippen LogP contribution in [0.3, 0.4) is 0 Å². The molecule has 1 aromatic heterocycles. The van der Waals surface area contributed by atoms with Crippen molar-refractivity contribution in [3.05, 3.63) is 22.3 Å². The van der Waals surface area contributed by atoms with E-state index in [1.54, 1.807) is 12.3 Å². The van der Waals surface area contributed by atoms with E-state index < -0.39 is 0 Å². The molecule has 0 saturated heterocycles. The SMILES string of the molecule is Clc1ccnc(OC2CCC2)c1Cl. The number of aromatic nitrogens is 1. The summed E-state index contributed by atoms with van der Waals surface area (Å²) >= 11 is 11.7. The highest BCUT2D eigenvalue weighted by Crippen LogP contribution is 2.32. The Morgan fingerprint density at radius 3 is 2.77 bits per heavy atom. The Kier molecular flexibility index (Phi) is 2.61. The predicted molar refractivity (Wildman–Crippen MR) is 52.5 cm³/mol. The van der Waals surface area contributed by atoms with Crippen LogP contribution in [-0.2, 0) is 0 Å². The van der Waals surface area contributed by atoms with Gasteiger partial charge in [0.1, 0.15) is 11.1 Å². The van der Waals surface area contributed by atoms with Gasteiger partial charge in [-0.3, -0.25) is 0 Å². The van der Waals surface area contributed by atoms with E-state index in [4.69, 9.17) is 27.9 Å². The number of pyridine rings is 1. The third-order valence-electron chi connectivity index (χ3n) is 2.14. The largest absolute Gasteiger partial charge is 0.473 e. The summed E-state index contributed by atoms with van der Waals surface area (Å²) in [5.74, 6) is 0.457. The van der Waals surface area contributed by atoms with E-state index in [1.165, 1.54) is 6.42 Å². The van der Waals surface area contributed by atoms with Gasteiger partial charge in [-0.25, -0.2) is 4.98 Å². The van der Waals surface area contributed by atoms with Crippen molar-refractivity contribution >= 4 is 23.2 Å². The monoisotopic (exact) mass is 217 g/mol. The second kappa shape index (κ2) is 3.72. The molecule has 0 amide bonds. The molecule has 0 unspecified atom stereocenters. The van der Waals surface area contributed by atoms with Crippen LogP contribution in [0.4, 0.5) is 0 Å². The number of ether oxygens (including phenoxy) is 1. The minimum Gasteiger partial charge on any atom is -0.473 e. The summed E-state index contributed by atoms with van der Waals surface area (Å²) in [4.78, 5) is 4.02. The van der Waals surface area contributed by atoms with Gasteiger partial charge in [-0.1, -0.05) is 23.2 Å². The molecule has 0 aromatic carbocycles. The van der Waals surface area contributed by atoms with Crippen LogP contribution >= 0.6 is 23.2 Å². The first-order chi connectivity index (χ1) is 6.27. The third-order valence-corrected chi connectivity index (χ3v) is 2.92.